The van der Waals surface area contributed by atoms with E-state index in [4.69, 9.17) is 11.6 Å². The topological polar surface area (TPSA) is 61.8 Å². The molecule has 1 heterocycles. The Kier molecular flexibility index (Phi) is 4.78. The summed E-state index contributed by atoms with van der Waals surface area (Å²) in [4.78, 5) is 6.68. The van der Waals surface area contributed by atoms with Gasteiger partial charge in [0.15, 0.2) is 0 Å². The second kappa shape index (κ2) is 6.83. The van der Waals surface area contributed by atoms with Gasteiger partial charge in [-0.1, -0.05) is 42.8 Å². The minimum Gasteiger partial charge on any atom is -0.311 e. The molecule has 1 N–H and O–H groups in total. The number of hydrogen-bond donors (Lipinski definition) is 1. The van der Waals surface area contributed by atoms with Gasteiger partial charge in [-0.15, -0.1) is 0 Å². The van der Waals surface area contributed by atoms with Crippen molar-refractivity contribution in [1.82, 2.24) is 4.72 Å². The zero-order valence-electron chi connectivity index (χ0n) is 13.2. The first-order chi connectivity index (χ1) is 11.5. The number of nitrogens with one attached hydrogen (secondary N) is 1. The van der Waals surface area contributed by atoms with Crippen LogP contribution in [0, 0.1) is 0 Å². The number of benzene rings is 2. The Morgan fingerprint density at radius 2 is 1.83 bits per heavy atom. The molecule has 0 radical (unpaired) electrons. The molecule has 2 aromatic carbocycles. The highest BCUT2D eigenvalue weighted by Gasteiger charge is 2.31. The molecule has 0 saturated carbocycles. The van der Waals surface area contributed by atoms with Crippen LogP contribution in [0.3, 0.4) is 0 Å². The van der Waals surface area contributed by atoms with Gasteiger partial charge in [0.05, 0.1) is 12.2 Å². The third-order valence-electron chi connectivity index (χ3n) is 3.70. The lowest BCUT2D eigenvalue weighted by atomic mass is 10.2. The van der Waals surface area contributed by atoms with E-state index in [2.05, 4.69) is 9.71 Å². The van der Waals surface area contributed by atoms with E-state index >= 15 is 0 Å². The highest BCUT2D eigenvalue weighted by Crippen LogP contribution is 2.29. The van der Waals surface area contributed by atoms with Crippen LogP contribution in [0.5, 0.6) is 0 Å². The van der Waals surface area contributed by atoms with Gasteiger partial charge < -0.3 is 4.90 Å². The Morgan fingerprint density at radius 1 is 1.12 bits per heavy atom. The van der Waals surface area contributed by atoms with E-state index in [9.17, 15) is 8.42 Å². The molecule has 0 atom stereocenters. The van der Waals surface area contributed by atoms with Crippen LogP contribution in [-0.4, -0.2) is 20.9 Å². The summed E-state index contributed by atoms with van der Waals surface area (Å²) < 4.78 is 27.5. The molecule has 1 aliphatic heterocycles. The Morgan fingerprint density at radius 3 is 2.54 bits per heavy atom. The van der Waals surface area contributed by atoms with Crippen LogP contribution in [-0.2, 0) is 16.6 Å². The third-order valence-corrected chi connectivity index (χ3v) is 5.33. The fourth-order valence-corrected chi connectivity index (χ4v) is 3.94. The maximum atomic E-state index is 12.5. The smallest absolute Gasteiger partial charge is 0.266 e. The monoisotopic (exact) mass is 363 g/mol. The van der Waals surface area contributed by atoms with Crippen molar-refractivity contribution in [2.45, 2.75) is 24.8 Å². The molecule has 2 aromatic rings. The number of para-hydroxylation sites is 1. The average molecular weight is 364 g/mol. The van der Waals surface area contributed by atoms with Crippen LogP contribution in [0.1, 0.15) is 18.9 Å². The molecule has 0 bridgehead atoms. The van der Waals surface area contributed by atoms with Crippen molar-refractivity contribution in [3.63, 3.8) is 0 Å². The first-order valence-corrected chi connectivity index (χ1v) is 9.55. The van der Waals surface area contributed by atoms with Crippen molar-refractivity contribution in [2.75, 3.05) is 11.4 Å². The highest BCUT2D eigenvalue weighted by atomic mass is 35.5. The van der Waals surface area contributed by atoms with Gasteiger partial charge in [0.25, 0.3) is 10.0 Å². The Balaban J connectivity index is 1.97. The molecule has 3 rings (SSSR count). The Bertz CT molecular complexity index is 864. The molecule has 0 saturated heterocycles. The van der Waals surface area contributed by atoms with E-state index in [1.807, 2.05) is 30.0 Å². The second-order valence-corrected chi connectivity index (χ2v) is 7.58. The number of anilines is 1. The number of aliphatic imine (C=N–C) groups is 1. The first kappa shape index (κ1) is 16.8. The fraction of sp³-hybridized carbons (Fsp3) is 0.235. The predicted octanol–water partition coefficient (Wildman–Crippen LogP) is 3.40. The molecule has 0 unspecified atom stereocenters. The summed E-state index contributed by atoms with van der Waals surface area (Å²) >= 11 is 5.88. The normalized spacial score (nSPS) is 17.4. The number of guanidine groups is 1. The highest BCUT2D eigenvalue weighted by molar-refractivity contribution is 7.90. The van der Waals surface area contributed by atoms with E-state index in [1.165, 1.54) is 0 Å². The van der Waals surface area contributed by atoms with Crippen LogP contribution in [0.2, 0.25) is 5.02 Å². The number of hydrogen-bond acceptors (Lipinski definition) is 3. The van der Waals surface area contributed by atoms with Gasteiger partial charge in [0, 0.05) is 11.6 Å². The van der Waals surface area contributed by atoms with Gasteiger partial charge in [-0.05, 0) is 36.2 Å². The minimum atomic E-state index is -3.60. The maximum absolute atomic E-state index is 12.5. The van der Waals surface area contributed by atoms with Crippen molar-refractivity contribution in [2.24, 2.45) is 4.99 Å². The van der Waals surface area contributed by atoms with E-state index in [-0.39, 0.29) is 4.90 Å². The Labute approximate surface area is 147 Å². The van der Waals surface area contributed by atoms with Crippen LogP contribution in [0.25, 0.3) is 0 Å². The minimum absolute atomic E-state index is 0.281. The molecule has 0 aromatic heterocycles. The third kappa shape index (κ3) is 3.39. The van der Waals surface area contributed by atoms with Gasteiger partial charge in [-0.3, -0.25) is 0 Å². The lowest BCUT2D eigenvalue weighted by Crippen LogP contribution is -2.49. The number of halogens is 1. The van der Waals surface area contributed by atoms with Crippen LogP contribution in [0.15, 0.2) is 58.4 Å². The van der Waals surface area contributed by atoms with E-state index < -0.39 is 10.0 Å². The summed E-state index contributed by atoms with van der Waals surface area (Å²) in [6, 6.07) is 14.3. The van der Waals surface area contributed by atoms with Crippen LogP contribution in [0.4, 0.5) is 5.69 Å². The van der Waals surface area contributed by atoms with Crippen LogP contribution < -0.4 is 9.62 Å². The molecule has 0 spiro atoms. The number of nitrogens with zero attached hydrogens (tertiary/aromatic N) is 2. The number of fused-ring (bicyclic) bond motifs is 1. The number of sulfonamides is 1. The zero-order valence-corrected chi connectivity index (χ0v) is 14.8. The maximum Gasteiger partial charge on any atom is 0.266 e. The molecule has 0 amide bonds. The molecule has 1 aliphatic rings. The Hall–Kier alpha value is -2.05. The van der Waals surface area contributed by atoms with Crippen molar-refractivity contribution < 1.29 is 8.42 Å². The van der Waals surface area contributed by atoms with Crippen molar-refractivity contribution in [3.8, 4) is 0 Å². The fourth-order valence-electron chi connectivity index (χ4n) is 2.58. The van der Waals surface area contributed by atoms with Gasteiger partial charge in [0.2, 0.25) is 5.96 Å². The van der Waals surface area contributed by atoms with Crippen LogP contribution >= 0.6 is 11.6 Å². The van der Waals surface area contributed by atoms with E-state index in [0.717, 1.165) is 12.0 Å². The molecule has 0 aliphatic carbocycles. The summed E-state index contributed by atoms with van der Waals surface area (Å²) in [6.07, 6.45) is 0.871. The van der Waals surface area contributed by atoms with Gasteiger partial charge in [0.1, 0.15) is 4.90 Å². The summed E-state index contributed by atoms with van der Waals surface area (Å²) in [5, 5.41) is 0.659. The molecule has 24 heavy (non-hydrogen) atoms. The van der Waals surface area contributed by atoms with E-state index in [0.29, 0.717) is 29.8 Å². The SMILES string of the molecule is CCCN1C(=NCc2ccc(Cl)cc2)NS(=O)(=O)c2ccccc21. The molecule has 7 heteroatoms. The second-order valence-electron chi connectivity index (χ2n) is 5.49. The first-order valence-electron chi connectivity index (χ1n) is 7.69. The van der Waals surface area contributed by atoms with Crippen molar-refractivity contribution >= 4 is 33.3 Å². The number of rotatable bonds is 4. The molecule has 126 valence electrons. The molecular formula is C17H18ClN3O2S. The summed E-state index contributed by atoms with van der Waals surface area (Å²) in [7, 11) is -3.60. The quantitative estimate of drug-likeness (QED) is 0.905. The standard InChI is InChI=1S/C17H18ClN3O2S/c1-2-11-21-15-5-3-4-6-16(15)24(22,23)20-17(21)19-12-13-7-9-14(18)10-8-13/h3-10H,2,11-12H2,1H3,(H,19,20). The lowest BCUT2D eigenvalue weighted by molar-refractivity contribution is 0.589. The summed E-state index contributed by atoms with van der Waals surface area (Å²) in [6.45, 7) is 3.10. The molecular weight excluding hydrogens is 346 g/mol. The van der Waals surface area contributed by atoms with Gasteiger partial charge in [-0.2, -0.15) is 0 Å². The van der Waals surface area contributed by atoms with Crippen molar-refractivity contribution in [1.29, 1.82) is 0 Å². The average Bonchev–Trinajstić information content (AvgIpc) is 2.57. The van der Waals surface area contributed by atoms with Gasteiger partial charge >= 0.3 is 0 Å². The molecule has 5 nitrogen and oxygen atoms in total. The summed E-state index contributed by atoms with van der Waals surface area (Å²) in [5.74, 6) is 0.352. The lowest BCUT2D eigenvalue weighted by Gasteiger charge is -2.32. The predicted molar refractivity (Wildman–Crippen MR) is 97.0 cm³/mol. The summed E-state index contributed by atoms with van der Waals surface area (Å²) in [5.41, 5.74) is 1.62. The zero-order chi connectivity index (χ0) is 17.2. The largest absolute Gasteiger partial charge is 0.311 e. The van der Waals surface area contributed by atoms with Crippen molar-refractivity contribution in [3.05, 3.63) is 59.1 Å². The van der Waals surface area contributed by atoms with Gasteiger partial charge in [-0.25, -0.2) is 18.1 Å². The molecule has 0 fully saturated rings. The van der Waals surface area contributed by atoms with E-state index in [1.54, 1.807) is 30.3 Å².